The normalized spacial score (nSPS) is 11.6. The van der Waals surface area contributed by atoms with Crippen molar-refractivity contribution >= 4 is 11.2 Å². The van der Waals surface area contributed by atoms with Gasteiger partial charge >= 0.3 is 0 Å². The molecule has 116 valence electrons. The van der Waals surface area contributed by atoms with Gasteiger partial charge in [0.25, 0.3) is 5.56 Å². The predicted molar refractivity (Wildman–Crippen MR) is 88.1 cm³/mol. The van der Waals surface area contributed by atoms with Crippen LogP contribution in [-0.2, 0) is 12.0 Å². The first-order chi connectivity index (χ1) is 10.9. The molecular weight excluding hydrogens is 290 g/mol. The first-order valence-electron chi connectivity index (χ1n) is 7.28. The minimum absolute atomic E-state index is 0.233. The summed E-state index contributed by atoms with van der Waals surface area (Å²) in [6, 6.07) is 7.60. The number of benzene rings is 1. The van der Waals surface area contributed by atoms with Crippen LogP contribution in [0.5, 0.6) is 0 Å². The molecule has 23 heavy (non-hydrogen) atoms. The SMILES string of the molecule is C#Cc1ccccc1Cn1nnc2c(=O)[nH]c(C(C)(C)C)nc21. The summed E-state index contributed by atoms with van der Waals surface area (Å²) in [7, 11) is 0. The van der Waals surface area contributed by atoms with Crippen molar-refractivity contribution in [3.05, 3.63) is 51.6 Å². The van der Waals surface area contributed by atoms with Crippen molar-refractivity contribution in [1.82, 2.24) is 25.0 Å². The molecule has 0 unspecified atom stereocenters. The van der Waals surface area contributed by atoms with Crippen molar-refractivity contribution in [3.63, 3.8) is 0 Å². The lowest BCUT2D eigenvalue weighted by Gasteiger charge is -2.16. The van der Waals surface area contributed by atoms with E-state index in [1.807, 2.05) is 45.0 Å². The maximum Gasteiger partial charge on any atom is 0.281 e. The number of nitrogens with zero attached hydrogens (tertiary/aromatic N) is 4. The van der Waals surface area contributed by atoms with Crippen molar-refractivity contribution in [1.29, 1.82) is 0 Å². The van der Waals surface area contributed by atoms with Gasteiger partial charge in [-0.15, -0.1) is 11.5 Å². The minimum atomic E-state index is -0.281. The van der Waals surface area contributed by atoms with Crippen LogP contribution >= 0.6 is 0 Å². The average Bonchev–Trinajstić information content (AvgIpc) is 2.91. The summed E-state index contributed by atoms with van der Waals surface area (Å²) in [6.45, 7) is 6.37. The minimum Gasteiger partial charge on any atom is -0.308 e. The van der Waals surface area contributed by atoms with Crippen LogP contribution < -0.4 is 5.56 Å². The molecule has 0 amide bonds. The Labute approximate surface area is 133 Å². The number of hydrogen-bond donors (Lipinski definition) is 1. The first-order valence-corrected chi connectivity index (χ1v) is 7.28. The molecule has 0 radical (unpaired) electrons. The number of H-pyrrole nitrogens is 1. The monoisotopic (exact) mass is 307 g/mol. The van der Waals surface area contributed by atoms with Crippen LogP contribution in [0.25, 0.3) is 11.2 Å². The van der Waals surface area contributed by atoms with Crippen molar-refractivity contribution in [2.24, 2.45) is 0 Å². The van der Waals surface area contributed by atoms with E-state index in [0.717, 1.165) is 11.1 Å². The molecule has 3 aromatic rings. The third kappa shape index (κ3) is 2.73. The van der Waals surface area contributed by atoms with Gasteiger partial charge < -0.3 is 4.98 Å². The first kappa shape index (κ1) is 15.0. The largest absolute Gasteiger partial charge is 0.308 e. The van der Waals surface area contributed by atoms with Gasteiger partial charge in [-0.3, -0.25) is 4.79 Å². The summed E-state index contributed by atoms with van der Waals surface area (Å²) in [5, 5.41) is 8.01. The van der Waals surface area contributed by atoms with Gasteiger partial charge in [-0.25, -0.2) is 9.67 Å². The second-order valence-electron chi connectivity index (χ2n) is 6.39. The van der Waals surface area contributed by atoms with Gasteiger partial charge in [-0.1, -0.05) is 50.1 Å². The summed E-state index contributed by atoms with van der Waals surface area (Å²) in [5.41, 5.74) is 1.86. The third-order valence-corrected chi connectivity index (χ3v) is 3.58. The molecule has 3 rings (SSSR count). The second kappa shape index (κ2) is 5.36. The Morgan fingerprint density at radius 1 is 1.30 bits per heavy atom. The lowest BCUT2D eigenvalue weighted by molar-refractivity contribution is 0.543. The van der Waals surface area contributed by atoms with Crippen molar-refractivity contribution in [2.45, 2.75) is 32.7 Å². The molecule has 6 heteroatoms. The van der Waals surface area contributed by atoms with E-state index in [1.165, 1.54) is 0 Å². The van der Waals surface area contributed by atoms with Crippen molar-refractivity contribution in [3.8, 4) is 12.3 Å². The fraction of sp³-hybridized carbons (Fsp3) is 0.294. The van der Waals surface area contributed by atoms with E-state index in [2.05, 4.69) is 26.2 Å². The smallest absolute Gasteiger partial charge is 0.281 e. The highest BCUT2D eigenvalue weighted by Gasteiger charge is 2.20. The number of aromatic amines is 1. The van der Waals surface area contributed by atoms with E-state index in [-0.39, 0.29) is 16.5 Å². The summed E-state index contributed by atoms with van der Waals surface area (Å²) in [6.07, 6.45) is 5.53. The molecule has 0 bridgehead atoms. The topological polar surface area (TPSA) is 76.5 Å². The predicted octanol–water partition coefficient (Wildman–Crippen LogP) is 1.84. The van der Waals surface area contributed by atoms with Gasteiger partial charge in [0.05, 0.1) is 6.54 Å². The molecule has 0 aliphatic heterocycles. The Hall–Kier alpha value is -2.94. The second-order valence-corrected chi connectivity index (χ2v) is 6.39. The molecule has 0 saturated carbocycles. The van der Waals surface area contributed by atoms with Crippen LogP contribution in [0.15, 0.2) is 29.1 Å². The molecule has 0 aliphatic carbocycles. The number of terminal acetylenes is 1. The molecule has 2 aromatic heterocycles. The Kier molecular flexibility index (Phi) is 3.49. The number of rotatable bonds is 2. The zero-order valence-electron chi connectivity index (χ0n) is 13.3. The van der Waals surface area contributed by atoms with Crippen LogP contribution in [0.3, 0.4) is 0 Å². The molecule has 0 saturated heterocycles. The standard InChI is InChI=1S/C17H17N5O/c1-5-11-8-6-7-9-12(11)10-22-14-13(20-21-22)15(23)19-16(18-14)17(2,3)4/h1,6-9H,10H2,2-4H3,(H,18,19,23). The molecular formula is C17H17N5O. The average molecular weight is 307 g/mol. The quantitative estimate of drug-likeness (QED) is 0.733. The van der Waals surface area contributed by atoms with Gasteiger partial charge in [0.15, 0.2) is 11.2 Å². The summed E-state index contributed by atoms with van der Waals surface area (Å²) >= 11 is 0. The van der Waals surface area contributed by atoms with Crippen molar-refractivity contribution < 1.29 is 0 Å². The Bertz CT molecular complexity index is 969. The van der Waals surface area contributed by atoms with Gasteiger partial charge in [0.2, 0.25) is 0 Å². The van der Waals surface area contributed by atoms with Crippen LogP contribution in [0.1, 0.15) is 37.7 Å². The molecule has 6 nitrogen and oxygen atoms in total. The van der Waals surface area contributed by atoms with E-state index >= 15 is 0 Å². The van der Waals surface area contributed by atoms with Crippen LogP contribution in [0.2, 0.25) is 0 Å². The molecule has 1 aromatic carbocycles. The Morgan fingerprint density at radius 2 is 2.04 bits per heavy atom. The van der Waals surface area contributed by atoms with Gasteiger partial charge in [-0.2, -0.15) is 0 Å². The molecule has 0 atom stereocenters. The zero-order chi connectivity index (χ0) is 16.6. The van der Waals surface area contributed by atoms with E-state index in [9.17, 15) is 4.79 Å². The number of hydrogen-bond acceptors (Lipinski definition) is 4. The van der Waals surface area contributed by atoms with Crippen LogP contribution in [0.4, 0.5) is 0 Å². The summed E-state index contributed by atoms with van der Waals surface area (Å²) < 4.78 is 1.61. The maximum atomic E-state index is 12.2. The summed E-state index contributed by atoms with van der Waals surface area (Å²) in [4.78, 5) is 19.5. The summed E-state index contributed by atoms with van der Waals surface area (Å²) in [5.74, 6) is 3.25. The number of nitrogens with one attached hydrogen (secondary N) is 1. The highest BCUT2D eigenvalue weighted by Crippen LogP contribution is 2.18. The van der Waals surface area contributed by atoms with Crippen LogP contribution in [-0.4, -0.2) is 25.0 Å². The molecule has 0 spiro atoms. The van der Waals surface area contributed by atoms with E-state index in [1.54, 1.807) is 4.68 Å². The number of fused-ring (bicyclic) bond motifs is 1. The van der Waals surface area contributed by atoms with Crippen molar-refractivity contribution in [2.75, 3.05) is 0 Å². The fourth-order valence-corrected chi connectivity index (χ4v) is 2.29. The Morgan fingerprint density at radius 3 is 2.74 bits per heavy atom. The fourth-order valence-electron chi connectivity index (χ4n) is 2.29. The highest BCUT2D eigenvalue weighted by atomic mass is 16.1. The zero-order valence-corrected chi connectivity index (χ0v) is 13.3. The highest BCUT2D eigenvalue weighted by molar-refractivity contribution is 5.68. The van der Waals surface area contributed by atoms with Crippen LogP contribution in [0, 0.1) is 12.3 Å². The Balaban J connectivity index is 2.14. The van der Waals surface area contributed by atoms with E-state index < -0.39 is 0 Å². The van der Waals surface area contributed by atoms with Gasteiger partial charge in [0.1, 0.15) is 5.82 Å². The molecule has 1 N–H and O–H groups in total. The lowest BCUT2D eigenvalue weighted by Crippen LogP contribution is -2.22. The maximum absolute atomic E-state index is 12.2. The van der Waals surface area contributed by atoms with Gasteiger partial charge in [0, 0.05) is 11.0 Å². The molecule has 0 fully saturated rings. The van der Waals surface area contributed by atoms with E-state index in [0.29, 0.717) is 18.0 Å². The third-order valence-electron chi connectivity index (χ3n) is 3.58. The molecule has 0 aliphatic rings. The van der Waals surface area contributed by atoms with E-state index in [4.69, 9.17) is 6.42 Å². The molecule has 2 heterocycles. The number of aromatic nitrogens is 5. The van der Waals surface area contributed by atoms with Gasteiger partial charge in [-0.05, 0) is 11.6 Å². The lowest BCUT2D eigenvalue weighted by atomic mass is 9.96.